The lowest BCUT2D eigenvalue weighted by Gasteiger charge is -2.11. The van der Waals surface area contributed by atoms with Gasteiger partial charge < -0.3 is 11.1 Å². The van der Waals surface area contributed by atoms with Gasteiger partial charge in [-0.05, 0) is 42.3 Å². The number of amides is 1. The van der Waals surface area contributed by atoms with Crippen LogP contribution in [0.4, 0.5) is 5.69 Å². The maximum absolute atomic E-state index is 11.1. The number of primary amides is 1. The zero-order chi connectivity index (χ0) is 14.7. The molecule has 0 aliphatic heterocycles. The second kappa shape index (κ2) is 6.16. The third kappa shape index (κ3) is 3.44. The van der Waals surface area contributed by atoms with Gasteiger partial charge in [-0.25, -0.2) is 0 Å². The fourth-order valence-electron chi connectivity index (χ4n) is 1.80. The minimum absolute atomic E-state index is 0.395. The first-order chi connectivity index (χ1) is 9.47. The molecule has 0 heterocycles. The molecule has 2 rings (SSSR count). The Morgan fingerprint density at radius 3 is 2.50 bits per heavy atom. The SMILES string of the molecule is Cc1ccc(NCc2ccc(C(N)=O)cc2Cl)c(Cl)c1. The van der Waals surface area contributed by atoms with Gasteiger partial charge in [0.25, 0.3) is 0 Å². The molecule has 0 aliphatic carbocycles. The number of aryl methyl sites for hydroxylation is 1. The van der Waals surface area contributed by atoms with E-state index in [0.717, 1.165) is 16.8 Å². The molecule has 0 aliphatic rings. The number of nitrogens with one attached hydrogen (secondary N) is 1. The Balaban J connectivity index is 2.13. The lowest BCUT2D eigenvalue weighted by molar-refractivity contribution is 0.100. The maximum atomic E-state index is 11.1. The molecular formula is C15H14Cl2N2O. The minimum atomic E-state index is -0.493. The van der Waals surface area contributed by atoms with Crippen molar-refractivity contribution in [2.24, 2.45) is 5.73 Å². The van der Waals surface area contributed by atoms with E-state index in [1.165, 1.54) is 0 Å². The molecule has 0 atom stereocenters. The van der Waals surface area contributed by atoms with Crippen LogP contribution < -0.4 is 11.1 Å². The van der Waals surface area contributed by atoms with Crippen molar-refractivity contribution in [2.45, 2.75) is 13.5 Å². The molecule has 0 aromatic heterocycles. The predicted molar refractivity (Wildman–Crippen MR) is 83.5 cm³/mol. The number of carbonyl (C=O) groups excluding carboxylic acids is 1. The van der Waals surface area contributed by atoms with Crippen LogP contribution in [0.2, 0.25) is 10.0 Å². The number of anilines is 1. The molecule has 0 fully saturated rings. The van der Waals surface area contributed by atoms with Gasteiger partial charge in [0.15, 0.2) is 0 Å². The van der Waals surface area contributed by atoms with Crippen molar-refractivity contribution in [1.29, 1.82) is 0 Å². The van der Waals surface area contributed by atoms with Crippen LogP contribution in [0.25, 0.3) is 0 Å². The highest BCUT2D eigenvalue weighted by Crippen LogP contribution is 2.25. The van der Waals surface area contributed by atoms with E-state index in [9.17, 15) is 4.79 Å². The second-order valence-corrected chi connectivity index (χ2v) is 5.32. The van der Waals surface area contributed by atoms with Crippen molar-refractivity contribution < 1.29 is 4.79 Å². The second-order valence-electron chi connectivity index (χ2n) is 4.51. The zero-order valence-electron chi connectivity index (χ0n) is 10.9. The van der Waals surface area contributed by atoms with Crippen LogP contribution in [0.15, 0.2) is 36.4 Å². The molecule has 3 N–H and O–H groups in total. The van der Waals surface area contributed by atoms with Crippen LogP contribution >= 0.6 is 23.2 Å². The van der Waals surface area contributed by atoms with Crippen LogP contribution in [0, 0.1) is 6.92 Å². The highest BCUT2D eigenvalue weighted by atomic mass is 35.5. The summed E-state index contributed by atoms with van der Waals surface area (Å²) in [6.07, 6.45) is 0. The van der Waals surface area contributed by atoms with Gasteiger partial charge in [-0.15, -0.1) is 0 Å². The summed E-state index contributed by atoms with van der Waals surface area (Å²) in [6.45, 7) is 2.50. The zero-order valence-corrected chi connectivity index (χ0v) is 12.4. The molecule has 2 aromatic rings. The first kappa shape index (κ1) is 14.7. The quantitative estimate of drug-likeness (QED) is 0.896. The third-order valence-corrected chi connectivity index (χ3v) is 3.60. The summed E-state index contributed by atoms with van der Waals surface area (Å²) in [7, 11) is 0. The summed E-state index contributed by atoms with van der Waals surface area (Å²) >= 11 is 12.3. The lowest BCUT2D eigenvalue weighted by atomic mass is 10.1. The van der Waals surface area contributed by atoms with Gasteiger partial charge in [-0.1, -0.05) is 35.3 Å². The van der Waals surface area contributed by atoms with E-state index in [1.54, 1.807) is 18.2 Å². The van der Waals surface area contributed by atoms with Gasteiger partial charge in [0, 0.05) is 17.1 Å². The van der Waals surface area contributed by atoms with Crippen LogP contribution in [-0.2, 0) is 6.54 Å². The third-order valence-electron chi connectivity index (χ3n) is 2.93. The number of nitrogens with two attached hydrogens (primary N) is 1. The van der Waals surface area contributed by atoms with E-state index < -0.39 is 5.91 Å². The van der Waals surface area contributed by atoms with E-state index in [0.29, 0.717) is 22.2 Å². The molecule has 0 spiro atoms. The number of carbonyl (C=O) groups is 1. The van der Waals surface area contributed by atoms with Gasteiger partial charge in [0.2, 0.25) is 5.91 Å². The van der Waals surface area contributed by atoms with Crippen molar-refractivity contribution >= 4 is 34.8 Å². The van der Waals surface area contributed by atoms with Crippen LogP contribution in [-0.4, -0.2) is 5.91 Å². The predicted octanol–water partition coefficient (Wildman–Crippen LogP) is 4.01. The summed E-state index contributed by atoms with van der Waals surface area (Å²) in [6, 6.07) is 10.8. The van der Waals surface area contributed by atoms with Gasteiger partial charge in [0.05, 0.1) is 10.7 Å². The monoisotopic (exact) mass is 308 g/mol. The number of hydrogen-bond acceptors (Lipinski definition) is 2. The number of rotatable bonds is 4. The topological polar surface area (TPSA) is 55.1 Å². The summed E-state index contributed by atoms with van der Waals surface area (Å²) in [5.74, 6) is -0.493. The molecule has 1 amide bonds. The van der Waals surface area contributed by atoms with Crippen molar-refractivity contribution in [3.05, 3.63) is 63.1 Å². The van der Waals surface area contributed by atoms with E-state index in [1.807, 2.05) is 25.1 Å². The first-order valence-corrected chi connectivity index (χ1v) is 6.81. The van der Waals surface area contributed by atoms with Crippen LogP contribution in [0.1, 0.15) is 21.5 Å². The van der Waals surface area contributed by atoms with E-state index in [-0.39, 0.29) is 0 Å². The Labute approximate surface area is 127 Å². The van der Waals surface area contributed by atoms with Gasteiger partial charge in [-0.3, -0.25) is 4.79 Å². The van der Waals surface area contributed by atoms with Crippen molar-refractivity contribution in [3.8, 4) is 0 Å². The summed E-state index contributed by atoms with van der Waals surface area (Å²) in [4.78, 5) is 11.1. The van der Waals surface area contributed by atoms with Crippen LogP contribution in [0.5, 0.6) is 0 Å². The normalized spacial score (nSPS) is 10.3. The maximum Gasteiger partial charge on any atom is 0.248 e. The number of hydrogen-bond donors (Lipinski definition) is 2. The largest absolute Gasteiger partial charge is 0.380 e. The Morgan fingerprint density at radius 2 is 1.90 bits per heavy atom. The fraction of sp³-hybridized carbons (Fsp3) is 0.133. The average Bonchev–Trinajstić information content (AvgIpc) is 2.38. The molecule has 2 aromatic carbocycles. The smallest absolute Gasteiger partial charge is 0.248 e. The van der Waals surface area contributed by atoms with E-state index in [2.05, 4.69) is 5.32 Å². The molecule has 0 radical (unpaired) electrons. The highest BCUT2D eigenvalue weighted by Gasteiger charge is 2.06. The first-order valence-electron chi connectivity index (χ1n) is 6.05. The molecule has 104 valence electrons. The van der Waals surface area contributed by atoms with Crippen molar-refractivity contribution in [3.63, 3.8) is 0 Å². The number of benzene rings is 2. The Hall–Kier alpha value is -1.71. The molecular weight excluding hydrogens is 295 g/mol. The van der Waals surface area contributed by atoms with Gasteiger partial charge in [-0.2, -0.15) is 0 Å². The summed E-state index contributed by atoms with van der Waals surface area (Å²) in [5.41, 5.74) is 8.41. The molecule has 0 bridgehead atoms. The molecule has 5 heteroatoms. The Bertz CT molecular complexity index is 656. The van der Waals surface area contributed by atoms with Crippen LogP contribution in [0.3, 0.4) is 0 Å². The summed E-state index contributed by atoms with van der Waals surface area (Å²) < 4.78 is 0. The van der Waals surface area contributed by atoms with Crippen molar-refractivity contribution in [1.82, 2.24) is 0 Å². The van der Waals surface area contributed by atoms with Gasteiger partial charge >= 0.3 is 0 Å². The summed E-state index contributed by atoms with van der Waals surface area (Å²) in [5, 5.41) is 4.37. The van der Waals surface area contributed by atoms with E-state index in [4.69, 9.17) is 28.9 Å². The number of halogens is 2. The fourth-order valence-corrected chi connectivity index (χ4v) is 2.35. The Morgan fingerprint density at radius 1 is 1.15 bits per heavy atom. The lowest BCUT2D eigenvalue weighted by Crippen LogP contribution is -2.11. The molecule has 0 saturated heterocycles. The molecule has 20 heavy (non-hydrogen) atoms. The standard InChI is InChI=1S/C15H14Cl2N2O/c1-9-2-5-14(13(17)6-9)19-8-11-4-3-10(15(18)20)7-12(11)16/h2-7,19H,8H2,1H3,(H2,18,20). The molecule has 3 nitrogen and oxygen atoms in total. The average molecular weight is 309 g/mol. The molecule has 0 saturated carbocycles. The highest BCUT2D eigenvalue weighted by molar-refractivity contribution is 6.33. The van der Waals surface area contributed by atoms with E-state index >= 15 is 0 Å². The Kier molecular flexibility index (Phi) is 4.53. The minimum Gasteiger partial charge on any atom is -0.380 e. The van der Waals surface area contributed by atoms with Gasteiger partial charge in [0.1, 0.15) is 0 Å². The molecule has 0 unspecified atom stereocenters. The van der Waals surface area contributed by atoms with Crippen molar-refractivity contribution in [2.75, 3.05) is 5.32 Å².